The lowest BCUT2D eigenvalue weighted by molar-refractivity contribution is 0.252. The molecule has 0 aliphatic carbocycles. The number of carbonyl (C=O) groups is 1. The smallest absolute Gasteiger partial charge is 0.321 e. The Morgan fingerprint density at radius 3 is 2.76 bits per heavy atom. The SMILES string of the molecule is CCCC(C)Sc1nc(Cc2ccccn2)nc(NC(=O)NCC)n1. The molecule has 0 radical (unpaired) electrons. The minimum absolute atomic E-state index is 0.262. The maximum Gasteiger partial charge on any atom is 0.321 e. The van der Waals surface area contributed by atoms with Crippen LogP contribution in [-0.2, 0) is 6.42 Å². The van der Waals surface area contributed by atoms with Crippen LogP contribution in [0.4, 0.5) is 10.7 Å². The van der Waals surface area contributed by atoms with E-state index in [1.54, 1.807) is 18.0 Å². The molecule has 2 amide bonds. The quantitative estimate of drug-likeness (QED) is 0.702. The molecule has 0 saturated heterocycles. The fourth-order valence-corrected chi connectivity index (χ4v) is 3.21. The van der Waals surface area contributed by atoms with Crippen molar-refractivity contribution in [2.75, 3.05) is 11.9 Å². The molecule has 0 saturated carbocycles. The molecule has 8 heteroatoms. The lowest BCUT2D eigenvalue weighted by Gasteiger charge is -2.11. The number of nitrogens with zero attached hydrogens (tertiary/aromatic N) is 4. The molecule has 2 aromatic heterocycles. The van der Waals surface area contributed by atoms with E-state index in [4.69, 9.17) is 0 Å². The molecule has 0 fully saturated rings. The maximum absolute atomic E-state index is 11.8. The molecule has 0 aromatic carbocycles. The topological polar surface area (TPSA) is 92.7 Å². The van der Waals surface area contributed by atoms with Crippen LogP contribution in [0.3, 0.4) is 0 Å². The van der Waals surface area contributed by atoms with Gasteiger partial charge in [-0.15, -0.1) is 0 Å². The summed E-state index contributed by atoms with van der Waals surface area (Å²) in [6, 6.07) is 5.39. The van der Waals surface area contributed by atoms with Crippen LogP contribution in [0, 0.1) is 0 Å². The highest BCUT2D eigenvalue weighted by Crippen LogP contribution is 2.23. The van der Waals surface area contributed by atoms with E-state index in [2.05, 4.69) is 44.4 Å². The van der Waals surface area contributed by atoms with Crippen molar-refractivity contribution in [2.45, 2.75) is 50.4 Å². The number of rotatable bonds is 8. The van der Waals surface area contributed by atoms with Gasteiger partial charge in [-0.05, 0) is 25.5 Å². The highest BCUT2D eigenvalue weighted by Gasteiger charge is 2.13. The third kappa shape index (κ3) is 6.66. The maximum atomic E-state index is 11.8. The lowest BCUT2D eigenvalue weighted by atomic mass is 10.2. The predicted octanol–water partition coefficient (Wildman–Crippen LogP) is 3.28. The summed E-state index contributed by atoms with van der Waals surface area (Å²) < 4.78 is 0. The summed E-state index contributed by atoms with van der Waals surface area (Å²) in [6.07, 6.45) is 4.40. The predicted molar refractivity (Wildman–Crippen MR) is 99.8 cm³/mol. The van der Waals surface area contributed by atoms with Gasteiger partial charge < -0.3 is 5.32 Å². The first-order valence-electron chi connectivity index (χ1n) is 8.47. The molecule has 7 nitrogen and oxygen atoms in total. The lowest BCUT2D eigenvalue weighted by Crippen LogP contribution is -2.29. The van der Waals surface area contributed by atoms with Gasteiger partial charge in [-0.3, -0.25) is 10.3 Å². The van der Waals surface area contributed by atoms with Crippen molar-refractivity contribution < 1.29 is 4.79 Å². The molecule has 0 aliphatic heterocycles. The van der Waals surface area contributed by atoms with Crippen molar-refractivity contribution in [3.05, 3.63) is 35.9 Å². The largest absolute Gasteiger partial charge is 0.338 e. The Hall–Kier alpha value is -2.22. The number of nitrogens with one attached hydrogen (secondary N) is 2. The van der Waals surface area contributed by atoms with Crippen LogP contribution in [0.1, 0.15) is 45.1 Å². The molecule has 134 valence electrons. The van der Waals surface area contributed by atoms with E-state index in [1.807, 2.05) is 25.1 Å². The zero-order valence-electron chi connectivity index (χ0n) is 14.8. The third-order valence-electron chi connectivity index (χ3n) is 3.29. The van der Waals surface area contributed by atoms with Gasteiger partial charge in [-0.2, -0.15) is 9.97 Å². The van der Waals surface area contributed by atoms with E-state index in [-0.39, 0.29) is 12.0 Å². The molecule has 1 atom stereocenters. The standard InChI is InChI=1S/C17H24N6OS/c1-4-8-12(3)25-17-21-14(11-13-9-6-7-10-19-13)20-15(23-17)22-16(24)18-5-2/h6-7,9-10,12H,4-5,8,11H2,1-3H3,(H2,18,20,21,22,23,24). The molecule has 2 aromatic rings. The van der Waals surface area contributed by atoms with Crippen LogP contribution in [-0.4, -0.2) is 37.8 Å². The van der Waals surface area contributed by atoms with Gasteiger partial charge in [0.2, 0.25) is 5.95 Å². The fourth-order valence-electron chi connectivity index (χ4n) is 2.20. The monoisotopic (exact) mass is 360 g/mol. The van der Waals surface area contributed by atoms with E-state index in [9.17, 15) is 4.79 Å². The number of carbonyl (C=O) groups excluding carboxylic acids is 1. The van der Waals surface area contributed by atoms with Crippen LogP contribution in [0.2, 0.25) is 0 Å². The summed E-state index contributed by atoms with van der Waals surface area (Å²) in [4.78, 5) is 29.3. The normalized spacial score (nSPS) is 11.8. The summed E-state index contributed by atoms with van der Waals surface area (Å²) in [7, 11) is 0. The van der Waals surface area contributed by atoms with Crippen molar-refractivity contribution >= 4 is 23.7 Å². The van der Waals surface area contributed by atoms with Crippen LogP contribution >= 0.6 is 11.8 Å². The van der Waals surface area contributed by atoms with Gasteiger partial charge in [0, 0.05) is 23.7 Å². The van der Waals surface area contributed by atoms with E-state index in [1.165, 1.54) is 0 Å². The van der Waals surface area contributed by atoms with Crippen molar-refractivity contribution in [1.82, 2.24) is 25.3 Å². The number of amides is 2. The van der Waals surface area contributed by atoms with E-state index in [0.29, 0.717) is 29.2 Å². The second kappa shape index (κ2) is 9.93. The number of aromatic nitrogens is 4. The van der Waals surface area contributed by atoms with Crippen molar-refractivity contribution in [2.24, 2.45) is 0 Å². The minimum atomic E-state index is -0.324. The number of anilines is 1. The fraction of sp³-hybridized carbons (Fsp3) is 0.471. The first-order valence-corrected chi connectivity index (χ1v) is 9.35. The average Bonchev–Trinajstić information content (AvgIpc) is 2.56. The molecule has 0 bridgehead atoms. The Morgan fingerprint density at radius 2 is 2.08 bits per heavy atom. The highest BCUT2D eigenvalue weighted by molar-refractivity contribution is 7.99. The van der Waals surface area contributed by atoms with Gasteiger partial charge in [-0.1, -0.05) is 38.1 Å². The van der Waals surface area contributed by atoms with Crippen LogP contribution in [0.25, 0.3) is 0 Å². The van der Waals surface area contributed by atoms with Gasteiger partial charge in [0.05, 0.1) is 6.42 Å². The van der Waals surface area contributed by atoms with Gasteiger partial charge >= 0.3 is 6.03 Å². The molecule has 2 N–H and O–H groups in total. The zero-order chi connectivity index (χ0) is 18.1. The molecular formula is C17H24N6OS. The molecule has 2 rings (SSSR count). The van der Waals surface area contributed by atoms with Gasteiger partial charge in [0.15, 0.2) is 5.16 Å². The summed E-state index contributed by atoms with van der Waals surface area (Å²) in [6.45, 7) is 6.69. The second-order valence-corrected chi connectivity index (χ2v) is 6.96. The highest BCUT2D eigenvalue weighted by atomic mass is 32.2. The summed E-state index contributed by atoms with van der Waals surface area (Å²) in [5.41, 5.74) is 0.871. The third-order valence-corrected chi connectivity index (χ3v) is 4.32. The first kappa shape index (κ1) is 19.1. The van der Waals surface area contributed by atoms with E-state index >= 15 is 0 Å². The number of pyridine rings is 1. The molecule has 1 unspecified atom stereocenters. The van der Waals surface area contributed by atoms with Crippen LogP contribution in [0.5, 0.6) is 0 Å². The molecule has 0 aliphatic rings. The number of urea groups is 1. The van der Waals surface area contributed by atoms with Crippen molar-refractivity contribution in [3.63, 3.8) is 0 Å². The Labute approximate surface area is 152 Å². The molecular weight excluding hydrogens is 336 g/mol. The summed E-state index contributed by atoms with van der Waals surface area (Å²) >= 11 is 1.59. The molecule has 0 spiro atoms. The summed E-state index contributed by atoms with van der Waals surface area (Å²) in [5.74, 6) is 0.852. The number of hydrogen-bond acceptors (Lipinski definition) is 6. The average molecular weight is 360 g/mol. The van der Waals surface area contributed by atoms with Gasteiger partial charge in [0.25, 0.3) is 0 Å². The van der Waals surface area contributed by atoms with Crippen molar-refractivity contribution in [1.29, 1.82) is 0 Å². The van der Waals surface area contributed by atoms with Crippen LogP contribution in [0.15, 0.2) is 29.6 Å². The minimum Gasteiger partial charge on any atom is -0.338 e. The van der Waals surface area contributed by atoms with E-state index < -0.39 is 0 Å². The molecule has 25 heavy (non-hydrogen) atoms. The summed E-state index contributed by atoms with van der Waals surface area (Å²) in [5, 5.41) is 6.36. The van der Waals surface area contributed by atoms with Gasteiger partial charge in [0.1, 0.15) is 5.82 Å². The van der Waals surface area contributed by atoms with Gasteiger partial charge in [-0.25, -0.2) is 9.78 Å². The van der Waals surface area contributed by atoms with Crippen molar-refractivity contribution in [3.8, 4) is 0 Å². The van der Waals surface area contributed by atoms with Crippen LogP contribution < -0.4 is 10.6 Å². The Bertz CT molecular complexity index is 682. The Morgan fingerprint density at radius 1 is 1.24 bits per heavy atom. The number of hydrogen-bond donors (Lipinski definition) is 2. The second-order valence-electron chi connectivity index (χ2n) is 5.56. The Balaban J connectivity index is 2.22. The van der Waals surface area contributed by atoms with E-state index in [0.717, 1.165) is 18.5 Å². The Kier molecular flexibility index (Phi) is 7.59. The first-order chi connectivity index (χ1) is 12.1. The molecule has 2 heterocycles. The number of thioether (sulfide) groups is 1. The zero-order valence-corrected chi connectivity index (χ0v) is 15.6.